The number of halogens is 1. The summed E-state index contributed by atoms with van der Waals surface area (Å²) in [5.41, 5.74) is 9.66. The molecule has 0 radical (unpaired) electrons. The molecule has 0 bridgehead atoms. The molecular formula is C40H63FN4. The second-order valence-electron chi connectivity index (χ2n) is 14.1. The highest BCUT2D eigenvalue weighted by Gasteiger charge is 2.40. The number of hydrazine groups is 1. The minimum atomic E-state index is -0.111. The summed E-state index contributed by atoms with van der Waals surface area (Å²) in [5.74, 6) is -0.111. The number of hydrogen-bond donors (Lipinski definition) is 1. The standard InChI is InChI=1S/C40H63FN4/c1-15-19-36(29(6)26-28(4)5)42-32(9)37-31(8)39(40(11,12)13)43(14)45(33(37)10)27-35-22-21-34(30(7)38(35)41)20-18-25-44(23-16-2)24-17-3/h15,19,21-22,26,39,42H,9-10,16-18,20,23-25,27H2,1-8,11-14H3/b19-15-,36-29+. The van der Waals surface area contributed by atoms with Gasteiger partial charge in [-0.1, -0.05) is 77.6 Å². The Morgan fingerprint density at radius 2 is 1.64 bits per heavy atom. The minimum Gasteiger partial charge on any atom is -0.355 e. The smallest absolute Gasteiger partial charge is 0.131 e. The highest BCUT2D eigenvalue weighted by molar-refractivity contribution is 5.52. The zero-order chi connectivity index (χ0) is 34.1. The molecule has 0 saturated carbocycles. The number of rotatable bonds is 15. The van der Waals surface area contributed by atoms with E-state index in [1.54, 1.807) is 0 Å². The molecule has 0 fully saturated rings. The first-order valence-corrected chi connectivity index (χ1v) is 16.9. The highest BCUT2D eigenvalue weighted by atomic mass is 19.1. The van der Waals surface area contributed by atoms with Crippen molar-refractivity contribution in [3.63, 3.8) is 0 Å². The first kappa shape index (κ1) is 38.3. The van der Waals surface area contributed by atoms with Crippen LogP contribution < -0.4 is 5.32 Å². The number of hydrogen-bond acceptors (Lipinski definition) is 4. The van der Waals surface area contributed by atoms with Gasteiger partial charge in [-0.25, -0.2) is 9.40 Å². The molecule has 0 amide bonds. The number of nitrogens with zero attached hydrogens (tertiary/aromatic N) is 3. The van der Waals surface area contributed by atoms with E-state index in [1.807, 2.05) is 26.0 Å². The molecule has 1 aliphatic heterocycles. The summed E-state index contributed by atoms with van der Waals surface area (Å²) in [6.45, 7) is 36.5. The first-order valence-electron chi connectivity index (χ1n) is 16.9. The van der Waals surface area contributed by atoms with Gasteiger partial charge in [-0.15, -0.1) is 0 Å². The molecular weight excluding hydrogens is 555 g/mol. The summed E-state index contributed by atoms with van der Waals surface area (Å²) in [5, 5.41) is 7.99. The lowest BCUT2D eigenvalue weighted by Gasteiger charge is -2.51. The van der Waals surface area contributed by atoms with Crippen LogP contribution in [0.5, 0.6) is 0 Å². The fourth-order valence-corrected chi connectivity index (χ4v) is 6.90. The number of benzene rings is 1. The van der Waals surface area contributed by atoms with Crippen molar-refractivity contribution in [2.24, 2.45) is 5.41 Å². The molecule has 1 unspecified atom stereocenters. The van der Waals surface area contributed by atoms with E-state index in [0.29, 0.717) is 12.1 Å². The molecule has 0 saturated heterocycles. The summed E-state index contributed by atoms with van der Waals surface area (Å²) in [6.07, 6.45) is 10.5. The molecule has 1 aliphatic rings. The van der Waals surface area contributed by atoms with E-state index in [-0.39, 0.29) is 17.3 Å². The minimum absolute atomic E-state index is 0.0715. The van der Waals surface area contributed by atoms with Crippen LogP contribution in [-0.4, -0.2) is 47.6 Å². The maximum atomic E-state index is 16.1. The molecule has 1 atom stereocenters. The highest BCUT2D eigenvalue weighted by Crippen LogP contribution is 2.41. The second-order valence-corrected chi connectivity index (χ2v) is 14.1. The molecule has 250 valence electrons. The predicted molar refractivity (Wildman–Crippen MR) is 194 cm³/mol. The van der Waals surface area contributed by atoms with E-state index >= 15 is 4.39 Å². The van der Waals surface area contributed by atoms with Crippen molar-refractivity contribution >= 4 is 0 Å². The van der Waals surface area contributed by atoms with Gasteiger partial charge in [0.15, 0.2) is 0 Å². The van der Waals surface area contributed by atoms with E-state index < -0.39 is 0 Å². The Bertz CT molecular complexity index is 1310. The summed E-state index contributed by atoms with van der Waals surface area (Å²) in [6, 6.07) is 4.19. The maximum Gasteiger partial charge on any atom is 0.131 e. The summed E-state index contributed by atoms with van der Waals surface area (Å²) >= 11 is 0. The van der Waals surface area contributed by atoms with Crippen LogP contribution in [0, 0.1) is 18.2 Å². The van der Waals surface area contributed by atoms with Crippen molar-refractivity contribution in [1.29, 1.82) is 0 Å². The Balaban J connectivity index is 2.43. The van der Waals surface area contributed by atoms with Gasteiger partial charge in [-0.3, -0.25) is 0 Å². The molecule has 0 aliphatic carbocycles. The van der Waals surface area contributed by atoms with Crippen molar-refractivity contribution in [2.75, 3.05) is 26.7 Å². The summed E-state index contributed by atoms with van der Waals surface area (Å²) in [4.78, 5) is 2.53. The fourth-order valence-electron chi connectivity index (χ4n) is 6.90. The number of likely N-dealkylation sites (N-methyl/N-ethyl adjacent to an activating group) is 1. The average molecular weight is 619 g/mol. The topological polar surface area (TPSA) is 21.8 Å². The van der Waals surface area contributed by atoms with Gasteiger partial charge in [0.25, 0.3) is 0 Å². The number of aryl methyl sites for hydroxylation is 1. The third-order valence-electron chi connectivity index (χ3n) is 8.73. The quantitative estimate of drug-likeness (QED) is 0.198. The molecule has 4 nitrogen and oxygen atoms in total. The van der Waals surface area contributed by atoms with Gasteiger partial charge in [0.05, 0.1) is 18.3 Å². The molecule has 0 aromatic heterocycles. The normalized spacial score (nSPS) is 17.0. The largest absolute Gasteiger partial charge is 0.355 e. The third kappa shape index (κ3) is 10.0. The van der Waals surface area contributed by atoms with E-state index in [2.05, 4.69) is 121 Å². The Hall–Kier alpha value is -2.89. The Morgan fingerprint density at radius 1 is 1.04 bits per heavy atom. The van der Waals surface area contributed by atoms with Crippen LogP contribution in [0.2, 0.25) is 0 Å². The predicted octanol–water partition coefficient (Wildman–Crippen LogP) is 10.0. The van der Waals surface area contributed by atoms with Crippen LogP contribution in [0.25, 0.3) is 0 Å². The van der Waals surface area contributed by atoms with Gasteiger partial charge in [0.1, 0.15) is 5.82 Å². The van der Waals surface area contributed by atoms with Crippen LogP contribution in [-0.2, 0) is 13.0 Å². The van der Waals surface area contributed by atoms with Gasteiger partial charge >= 0.3 is 0 Å². The average Bonchev–Trinajstić information content (AvgIpc) is 2.93. The van der Waals surface area contributed by atoms with E-state index in [0.717, 1.165) is 84.7 Å². The lowest BCUT2D eigenvalue weighted by atomic mass is 9.78. The molecule has 45 heavy (non-hydrogen) atoms. The first-order chi connectivity index (χ1) is 21.1. The van der Waals surface area contributed by atoms with Crippen molar-refractivity contribution in [1.82, 2.24) is 20.2 Å². The van der Waals surface area contributed by atoms with Crippen molar-refractivity contribution in [3.8, 4) is 0 Å². The van der Waals surface area contributed by atoms with E-state index in [1.165, 1.54) is 11.1 Å². The Labute approximate surface area is 276 Å². The molecule has 2 rings (SSSR count). The summed E-state index contributed by atoms with van der Waals surface area (Å²) < 4.78 is 16.1. The van der Waals surface area contributed by atoms with Crippen LogP contribution in [0.3, 0.4) is 0 Å². The molecule has 1 aromatic rings. The fraction of sp³-hybridized carbons (Fsp3) is 0.550. The van der Waals surface area contributed by atoms with E-state index in [4.69, 9.17) is 0 Å². The van der Waals surface area contributed by atoms with Crippen LogP contribution in [0.15, 0.2) is 82.9 Å². The number of allylic oxidation sites excluding steroid dienone is 5. The van der Waals surface area contributed by atoms with Gasteiger partial charge in [-0.2, -0.15) is 0 Å². The molecule has 0 spiro atoms. The molecule has 1 heterocycles. The van der Waals surface area contributed by atoms with Crippen LogP contribution in [0.4, 0.5) is 4.39 Å². The SMILES string of the molecule is C=C(NC(/C=C\C)=C(\C)C=C(C)C)C1=C(C)C(C(C)(C)C)N(C)N(Cc2ccc(CCCN(CCC)CCC)c(C)c2F)C1=C. The van der Waals surface area contributed by atoms with Gasteiger partial charge in [0, 0.05) is 29.6 Å². The maximum absolute atomic E-state index is 16.1. The third-order valence-corrected chi connectivity index (χ3v) is 8.73. The van der Waals surface area contributed by atoms with Gasteiger partial charge in [-0.05, 0) is 121 Å². The van der Waals surface area contributed by atoms with Crippen LogP contribution in [0.1, 0.15) is 105 Å². The monoisotopic (exact) mass is 619 g/mol. The Kier molecular flexibility index (Phi) is 14.6. The van der Waals surface area contributed by atoms with Gasteiger partial charge in [0.2, 0.25) is 0 Å². The molecule has 1 N–H and O–H groups in total. The lowest BCUT2D eigenvalue weighted by molar-refractivity contribution is -0.0439. The Morgan fingerprint density at radius 3 is 2.18 bits per heavy atom. The zero-order valence-corrected chi connectivity index (χ0v) is 30.8. The van der Waals surface area contributed by atoms with E-state index in [9.17, 15) is 0 Å². The summed E-state index contributed by atoms with van der Waals surface area (Å²) in [7, 11) is 2.10. The van der Waals surface area contributed by atoms with Gasteiger partial charge < -0.3 is 15.2 Å². The van der Waals surface area contributed by atoms with Crippen LogP contribution >= 0.6 is 0 Å². The lowest BCUT2D eigenvalue weighted by Crippen LogP contribution is -2.54. The number of nitrogens with one attached hydrogen (secondary N) is 1. The second kappa shape index (κ2) is 17.1. The van der Waals surface area contributed by atoms with Crippen molar-refractivity contribution in [2.45, 2.75) is 114 Å². The molecule has 1 aromatic carbocycles. The zero-order valence-electron chi connectivity index (χ0n) is 30.8. The molecule has 5 heteroatoms. The van der Waals surface area contributed by atoms with Crippen molar-refractivity contribution in [3.05, 3.63) is 105 Å². The van der Waals surface area contributed by atoms with Crippen molar-refractivity contribution < 1.29 is 4.39 Å².